The molecule has 2 saturated heterocycles. The number of allylic oxidation sites excluding steroid dienone is 4. The van der Waals surface area contributed by atoms with E-state index in [-0.39, 0.29) is 46.6 Å². The normalized spacial score (nSPS) is 22.7. The van der Waals surface area contributed by atoms with E-state index in [1.807, 2.05) is 49.9 Å². The number of imidazole rings is 2. The van der Waals surface area contributed by atoms with Crippen LogP contribution in [0.2, 0.25) is 0 Å². The molecule has 0 radical (unpaired) electrons. The number of alkyl carbamates (subject to hydrolysis) is 2. The van der Waals surface area contributed by atoms with Gasteiger partial charge in [-0.15, -0.1) is 0 Å². The van der Waals surface area contributed by atoms with Gasteiger partial charge in [0, 0.05) is 36.6 Å². The Balaban J connectivity index is 0.826. The molecular formula is C61H74N8O6. The van der Waals surface area contributed by atoms with Crippen LogP contribution in [0.5, 0.6) is 0 Å². The van der Waals surface area contributed by atoms with Gasteiger partial charge < -0.3 is 39.9 Å². The van der Waals surface area contributed by atoms with Gasteiger partial charge in [-0.2, -0.15) is 0 Å². The maximum absolute atomic E-state index is 14.0. The minimum atomic E-state index is -0.686. The lowest BCUT2D eigenvalue weighted by Gasteiger charge is -2.30. The number of nitrogens with one attached hydrogen (secondary N) is 4. The van der Waals surface area contributed by atoms with E-state index in [1.165, 1.54) is 53.2 Å². The lowest BCUT2D eigenvalue weighted by Crippen LogP contribution is -2.51. The van der Waals surface area contributed by atoms with Crippen LogP contribution in [-0.2, 0) is 31.9 Å². The highest BCUT2D eigenvalue weighted by atomic mass is 16.5. The molecule has 2 bridgehead atoms. The van der Waals surface area contributed by atoms with E-state index in [0.29, 0.717) is 19.0 Å². The number of likely N-dealkylation sites (tertiary alicyclic amines) is 2. The number of H-pyrrole nitrogens is 2. The van der Waals surface area contributed by atoms with Gasteiger partial charge in [0.25, 0.3) is 0 Å². The number of carbonyl (C=O) groups is 4. The van der Waals surface area contributed by atoms with E-state index < -0.39 is 24.3 Å². The Kier molecular flexibility index (Phi) is 14.4. The maximum atomic E-state index is 14.0. The standard InChI is InChI=1S/C61H74N8O6/c1-9-39-12-14-42-15-13-40(29-47(42)43-18-22-45(23-19-43)49-33-63-55(65-49)51-31-61(26-27-61)35-69(51)57(71)53(37(4)5)67-59(73)75-8)11-10-38(6)46(28-39)41-16-20-44(21-17-41)48-32-62-54(64-48)50-30-60(24-25-60)34-68(50)56(70)52(36(2)3)66-58(72)74-7/h9,13,15-23,28-29,32-33,36-38,50-53H,10-12,14,24-27,30-31,34-35H2,1-8H3,(H,62,64)(H,63,65)(H,66,72)(H,67,73)/b39-9-,46-28+/t38-,50+,51+,52+,53+/m1/s1. The molecule has 2 saturated carbocycles. The second-order valence-corrected chi connectivity index (χ2v) is 23.0. The van der Waals surface area contributed by atoms with E-state index in [2.05, 4.69) is 113 Å². The third-order valence-electron chi connectivity index (χ3n) is 17.1. The molecule has 4 aliphatic carbocycles. The summed E-state index contributed by atoms with van der Waals surface area (Å²) in [7, 11) is 2.64. The zero-order chi connectivity index (χ0) is 52.8. The quantitative estimate of drug-likeness (QED) is 0.0955. The molecule has 5 aromatic rings. The van der Waals surface area contributed by atoms with Crippen molar-refractivity contribution in [2.24, 2.45) is 28.6 Å². The van der Waals surface area contributed by atoms with Crippen LogP contribution in [0, 0.1) is 28.6 Å². The van der Waals surface area contributed by atoms with E-state index in [1.54, 1.807) is 0 Å². The molecule has 0 unspecified atom stereocenters. The monoisotopic (exact) mass is 1010 g/mol. The van der Waals surface area contributed by atoms with Crippen molar-refractivity contribution in [1.82, 2.24) is 40.4 Å². The fourth-order valence-corrected chi connectivity index (χ4v) is 12.0. The fourth-order valence-electron chi connectivity index (χ4n) is 12.0. The molecule has 11 rings (SSSR count). The lowest BCUT2D eigenvalue weighted by molar-refractivity contribution is -0.136. The van der Waals surface area contributed by atoms with E-state index >= 15 is 0 Å². The number of rotatable bonds is 12. The number of nitrogens with zero attached hydrogens (tertiary/aromatic N) is 4. The van der Waals surface area contributed by atoms with Crippen LogP contribution in [0.4, 0.5) is 9.59 Å². The van der Waals surface area contributed by atoms with E-state index in [4.69, 9.17) is 19.4 Å². The Morgan fingerprint density at radius 1 is 0.667 bits per heavy atom. The molecule has 394 valence electrons. The van der Waals surface area contributed by atoms with Gasteiger partial charge in [-0.05, 0) is 133 Å². The predicted octanol–water partition coefficient (Wildman–Crippen LogP) is 11.5. The molecule has 2 aromatic heterocycles. The van der Waals surface area contributed by atoms with Crippen LogP contribution in [0.15, 0.2) is 96.8 Å². The number of fused-ring (bicyclic) bond motifs is 8. The summed E-state index contributed by atoms with van der Waals surface area (Å²) < 4.78 is 9.72. The van der Waals surface area contributed by atoms with Gasteiger partial charge >= 0.3 is 12.2 Å². The van der Waals surface area contributed by atoms with Crippen LogP contribution < -0.4 is 10.6 Å². The molecule has 4 heterocycles. The highest BCUT2D eigenvalue weighted by Gasteiger charge is 2.56. The Morgan fingerprint density at radius 2 is 1.15 bits per heavy atom. The van der Waals surface area contributed by atoms with Crippen molar-refractivity contribution >= 4 is 29.6 Å². The lowest BCUT2D eigenvalue weighted by atomic mass is 9.84. The molecule has 75 heavy (non-hydrogen) atoms. The van der Waals surface area contributed by atoms with E-state index in [0.717, 1.165) is 98.4 Å². The zero-order valence-electron chi connectivity index (χ0n) is 44.9. The highest BCUT2D eigenvalue weighted by molar-refractivity contribution is 5.87. The number of benzene rings is 3. The van der Waals surface area contributed by atoms with Gasteiger partial charge in [0.05, 0.1) is 37.7 Å². The molecule has 2 aliphatic heterocycles. The van der Waals surface area contributed by atoms with Gasteiger partial charge in [-0.25, -0.2) is 19.6 Å². The summed E-state index contributed by atoms with van der Waals surface area (Å²) in [6, 6.07) is 22.8. The first-order chi connectivity index (χ1) is 36.1. The summed E-state index contributed by atoms with van der Waals surface area (Å²) in [4.78, 5) is 73.5. The number of hydrogen-bond donors (Lipinski definition) is 4. The van der Waals surface area contributed by atoms with Crippen molar-refractivity contribution in [2.45, 2.75) is 130 Å². The second-order valence-electron chi connectivity index (χ2n) is 23.0. The third kappa shape index (κ3) is 10.8. The number of aromatic nitrogens is 4. The molecule has 6 aliphatic rings. The number of methoxy groups -OCH3 is 2. The summed E-state index contributed by atoms with van der Waals surface area (Å²) in [5, 5.41) is 5.56. The molecule has 2 spiro atoms. The maximum Gasteiger partial charge on any atom is 0.407 e. The number of hydrogen-bond acceptors (Lipinski definition) is 8. The van der Waals surface area contributed by atoms with Crippen LogP contribution in [0.25, 0.3) is 39.2 Å². The summed E-state index contributed by atoms with van der Waals surface area (Å²) in [5.74, 6) is 1.45. The van der Waals surface area contributed by atoms with Gasteiger partial charge in [-0.3, -0.25) is 9.59 Å². The fraction of sp³-hybridized carbons (Fsp3) is 0.475. The molecule has 4 amide bonds. The summed E-state index contributed by atoms with van der Waals surface area (Å²) in [6.45, 7) is 13.6. The first kappa shape index (κ1) is 51.5. The van der Waals surface area contributed by atoms with Crippen LogP contribution in [0.1, 0.15) is 133 Å². The molecule has 5 atom stereocenters. The number of aryl methyl sites for hydroxylation is 2. The van der Waals surface area contributed by atoms with Crippen molar-refractivity contribution in [3.8, 4) is 33.6 Å². The second kappa shape index (κ2) is 21.0. The van der Waals surface area contributed by atoms with Crippen molar-refractivity contribution in [2.75, 3.05) is 27.3 Å². The largest absolute Gasteiger partial charge is 0.453 e. The van der Waals surface area contributed by atoms with Crippen molar-refractivity contribution in [3.05, 3.63) is 125 Å². The van der Waals surface area contributed by atoms with Gasteiger partial charge in [-0.1, -0.05) is 119 Å². The van der Waals surface area contributed by atoms with Gasteiger partial charge in [0.15, 0.2) is 0 Å². The highest BCUT2D eigenvalue weighted by Crippen LogP contribution is 2.59. The number of amides is 4. The van der Waals surface area contributed by atoms with Crippen molar-refractivity contribution in [1.29, 1.82) is 0 Å². The van der Waals surface area contributed by atoms with Crippen LogP contribution >= 0.6 is 0 Å². The Hall–Kier alpha value is -6.96. The van der Waals surface area contributed by atoms with Gasteiger partial charge in [0.1, 0.15) is 23.7 Å². The van der Waals surface area contributed by atoms with Crippen molar-refractivity contribution in [3.63, 3.8) is 0 Å². The SMILES string of the molecule is C/C=C1\C=C(\c2ccc(-c3c[nH]c([C@@H]4CC5(CC5)CN4C(=O)[C@@H](NC(=O)OC)C(C)C)n3)cc2)[C@H](C)CCc2ccc(c(-c3ccc(-c4c[nH]c([C@@H]5CC6(CC6)CN5C(=O)[C@@H](NC(=O)OC)C(C)C)n4)cc3)c2)CC1. The first-order valence-corrected chi connectivity index (χ1v) is 27.2. The molecule has 14 heteroatoms. The Labute approximate surface area is 441 Å². The first-order valence-electron chi connectivity index (χ1n) is 27.2. The number of aromatic amines is 2. The zero-order valence-corrected chi connectivity index (χ0v) is 44.9. The number of carbonyl (C=O) groups excluding carboxylic acids is 4. The summed E-state index contributed by atoms with van der Waals surface area (Å²) in [6.07, 6.45) is 17.2. The minimum Gasteiger partial charge on any atom is -0.453 e. The Morgan fingerprint density at radius 3 is 1.60 bits per heavy atom. The predicted molar refractivity (Wildman–Crippen MR) is 291 cm³/mol. The smallest absolute Gasteiger partial charge is 0.407 e. The van der Waals surface area contributed by atoms with Gasteiger partial charge in [0.2, 0.25) is 11.8 Å². The van der Waals surface area contributed by atoms with Crippen LogP contribution in [0.3, 0.4) is 0 Å². The molecular weight excluding hydrogens is 941 g/mol. The average molecular weight is 1020 g/mol. The topological polar surface area (TPSA) is 175 Å². The molecule has 14 nitrogen and oxygen atoms in total. The summed E-state index contributed by atoms with van der Waals surface area (Å²) in [5.41, 5.74) is 12.8. The molecule has 4 N–H and O–H groups in total. The van der Waals surface area contributed by atoms with Crippen LogP contribution in [-0.4, -0.2) is 93.1 Å². The van der Waals surface area contributed by atoms with Crippen molar-refractivity contribution < 1.29 is 28.7 Å². The molecule has 4 fully saturated rings. The number of ether oxygens (including phenoxy) is 2. The minimum absolute atomic E-state index is 0.0966. The summed E-state index contributed by atoms with van der Waals surface area (Å²) >= 11 is 0. The van der Waals surface area contributed by atoms with E-state index in [9.17, 15) is 19.2 Å². The Bertz CT molecular complexity index is 2990. The molecule has 3 aromatic carbocycles. The average Bonchev–Trinajstić information content (AvgIpc) is 4.01. The third-order valence-corrected chi connectivity index (χ3v) is 17.1.